The lowest BCUT2D eigenvalue weighted by molar-refractivity contribution is -0.114. The topological polar surface area (TPSA) is 77.1 Å². The first-order valence-electron chi connectivity index (χ1n) is 10.1. The van der Waals surface area contributed by atoms with Gasteiger partial charge in [0.15, 0.2) is 0 Å². The molecule has 0 saturated heterocycles. The lowest BCUT2D eigenvalue weighted by atomic mass is 10.0. The Morgan fingerprint density at radius 1 is 1.07 bits per heavy atom. The van der Waals surface area contributed by atoms with Crippen molar-refractivity contribution < 1.29 is 9.59 Å². The summed E-state index contributed by atoms with van der Waals surface area (Å²) < 4.78 is 2.21. The van der Waals surface area contributed by atoms with E-state index in [9.17, 15) is 9.59 Å². The smallest absolute Gasteiger partial charge is 0.249 e. The molecule has 151 valence electrons. The molecule has 1 radical (unpaired) electrons. The lowest BCUT2D eigenvalue weighted by Gasteiger charge is -2.10. The standard InChI is InChI=1S/C25H24N3O2/c1-3-5-17-10-13-20-23(14-17)28(22-7-4-6-21(24(20)22)25(26)30)15-18-8-11-19(12-9-18)27-16(2)29/h4,6-12,14H,3,5,15H2,1-2H3,(H2,26,30)(H,27,29). The minimum Gasteiger partial charge on any atom is -0.366 e. The molecule has 2 amide bonds. The van der Waals surface area contributed by atoms with Crippen LogP contribution in [-0.4, -0.2) is 16.4 Å². The molecule has 0 saturated carbocycles. The number of fused-ring (bicyclic) bond motifs is 3. The third kappa shape index (κ3) is 3.66. The van der Waals surface area contributed by atoms with Gasteiger partial charge in [0.05, 0.1) is 11.0 Å². The van der Waals surface area contributed by atoms with Crippen LogP contribution in [0, 0.1) is 6.07 Å². The number of aromatic nitrogens is 1. The molecular formula is C25H24N3O2. The van der Waals surface area contributed by atoms with Gasteiger partial charge in [-0.05, 0) is 53.9 Å². The fourth-order valence-electron chi connectivity index (χ4n) is 3.99. The van der Waals surface area contributed by atoms with Crippen LogP contribution in [0.4, 0.5) is 5.69 Å². The molecule has 5 heteroatoms. The van der Waals surface area contributed by atoms with Crippen molar-refractivity contribution in [2.75, 3.05) is 5.32 Å². The average Bonchev–Trinajstić information content (AvgIpc) is 3.02. The summed E-state index contributed by atoms with van der Waals surface area (Å²) in [7, 11) is 0. The summed E-state index contributed by atoms with van der Waals surface area (Å²) >= 11 is 0. The van der Waals surface area contributed by atoms with Crippen LogP contribution in [0.3, 0.4) is 0 Å². The Hall–Kier alpha value is -3.60. The third-order valence-corrected chi connectivity index (χ3v) is 5.27. The molecule has 0 spiro atoms. The molecule has 1 aromatic heterocycles. The Labute approximate surface area is 175 Å². The first-order valence-corrected chi connectivity index (χ1v) is 10.1. The van der Waals surface area contributed by atoms with Crippen LogP contribution in [0.15, 0.2) is 54.6 Å². The SMILES string of the molecule is CCCc1c[c]c2c3c(C(N)=O)cccc3n(Cc3ccc(NC(C)=O)cc3)c2c1. The van der Waals surface area contributed by atoms with Crippen LogP contribution < -0.4 is 11.1 Å². The number of hydrogen-bond acceptors (Lipinski definition) is 2. The lowest BCUT2D eigenvalue weighted by Crippen LogP contribution is -2.11. The van der Waals surface area contributed by atoms with E-state index in [0.29, 0.717) is 12.1 Å². The molecule has 0 unspecified atom stereocenters. The highest BCUT2D eigenvalue weighted by Gasteiger charge is 2.17. The van der Waals surface area contributed by atoms with E-state index in [1.165, 1.54) is 12.5 Å². The van der Waals surface area contributed by atoms with E-state index in [1.807, 2.05) is 42.5 Å². The number of carbonyl (C=O) groups excluding carboxylic acids is 2. The van der Waals surface area contributed by atoms with Crippen molar-refractivity contribution in [1.82, 2.24) is 4.57 Å². The maximum absolute atomic E-state index is 12.1. The van der Waals surface area contributed by atoms with Gasteiger partial charge in [0, 0.05) is 35.5 Å². The molecule has 0 aliphatic rings. The van der Waals surface area contributed by atoms with Gasteiger partial charge >= 0.3 is 0 Å². The Kier molecular flexibility index (Phi) is 5.27. The van der Waals surface area contributed by atoms with Crippen LogP contribution in [0.5, 0.6) is 0 Å². The van der Waals surface area contributed by atoms with Crippen LogP contribution >= 0.6 is 0 Å². The second-order valence-electron chi connectivity index (χ2n) is 7.55. The molecule has 0 bridgehead atoms. The van der Waals surface area contributed by atoms with Gasteiger partial charge in [-0.2, -0.15) is 0 Å². The Bertz CT molecular complexity index is 1250. The van der Waals surface area contributed by atoms with Crippen LogP contribution in [0.1, 0.15) is 41.8 Å². The van der Waals surface area contributed by atoms with Crippen LogP contribution in [-0.2, 0) is 17.8 Å². The number of primary amides is 1. The Morgan fingerprint density at radius 3 is 2.50 bits per heavy atom. The van der Waals surface area contributed by atoms with Gasteiger partial charge < -0.3 is 15.6 Å². The van der Waals surface area contributed by atoms with Crippen molar-refractivity contribution in [2.45, 2.75) is 33.2 Å². The van der Waals surface area contributed by atoms with Crippen LogP contribution in [0.25, 0.3) is 21.8 Å². The van der Waals surface area contributed by atoms with Crippen molar-refractivity contribution in [2.24, 2.45) is 5.73 Å². The summed E-state index contributed by atoms with van der Waals surface area (Å²) in [6, 6.07) is 21.0. The molecule has 3 aromatic carbocycles. The first-order chi connectivity index (χ1) is 14.5. The molecule has 30 heavy (non-hydrogen) atoms. The maximum atomic E-state index is 12.1. The molecule has 1 heterocycles. The number of carbonyl (C=O) groups is 2. The molecule has 5 nitrogen and oxygen atoms in total. The highest BCUT2D eigenvalue weighted by molar-refractivity contribution is 6.17. The predicted octanol–water partition coefficient (Wildman–Crippen LogP) is 4.65. The monoisotopic (exact) mass is 398 g/mol. The van der Waals surface area contributed by atoms with Crippen molar-refractivity contribution in [3.8, 4) is 0 Å². The minimum atomic E-state index is -0.439. The maximum Gasteiger partial charge on any atom is 0.249 e. The van der Waals surface area contributed by atoms with Crippen molar-refractivity contribution in [3.63, 3.8) is 0 Å². The van der Waals surface area contributed by atoms with E-state index in [-0.39, 0.29) is 5.91 Å². The number of nitrogens with zero attached hydrogens (tertiary/aromatic N) is 1. The second kappa shape index (κ2) is 8.03. The Balaban J connectivity index is 1.88. The molecule has 0 fully saturated rings. The first kappa shape index (κ1) is 19.7. The summed E-state index contributed by atoms with van der Waals surface area (Å²) in [6.07, 6.45) is 2.03. The van der Waals surface area contributed by atoms with E-state index in [0.717, 1.165) is 45.9 Å². The van der Waals surface area contributed by atoms with E-state index < -0.39 is 5.91 Å². The van der Waals surface area contributed by atoms with Gasteiger partial charge in [0.25, 0.3) is 0 Å². The molecule has 0 aliphatic heterocycles. The van der Waals surface area contributed by atoms with Gasteiger partial charge in [-0.3, -0.25) is 9.59 Å². The second-order valence-corrected chi connectivity index (χ2v) is 7.55. The summed E-state index contributed by atoms with van der Waals surface area (Å²) in [5.74, 6) is -0.534. The zero-order chi connectivity index (χ0) is 21.3. The number of nitrogens with two attached hydrogens (primary N) is 1. The molecular weight excluding hydrogens is 374 g/mol. The third-order valence-electron chi connectivity index (χ3n) is 5.27. The van der Waals surface area contributed by atoms with Crippen molar-refractivity contribution >= 4 is 39.3 Å². The molecule has 0 aliphatic carbocycles. The van der Waals surface area contributed by atoms with E-state index in [2.05, 4.69) is 28.9 Å². The minimum absolute atomic E-state index is 0.0943. The van der Waals surface area contributed by atoms with E-state index in [4.69, 9.17) is 5.73 Å². The number of nitrogens with one attached hydrogen (secondary N) is 1. The zero-order valence-corrected chi connectivity index (χ0v) is 17.2. The fourth-order valence-corrected chi connectivity index (χ4v) is 3.99. The summed E-state index contributed by atoms with van der Waals surface area (Å²) in [5, 5.41) is 4.55. The number of anilines is 1. The highest BCUT2D eigenvalue weighted by atomic mass is 16.1. The number of rotatable bonds is 6. The summed E-state index contributed by atoms with van der Waals surface area (Å²) in [6.45, 7) is 4.28. The number of amides is 2. The molecule has 3 N–H and O–H groups in total. The average molecular weight is 398 g/mol. The van der Waals surface area contributed by atoms with Gasteiger partial charge in [-0.25, -0.2) is 0 Å². The number of hydrogen-bond donors (Lipinski definition) is 2. The molecule has 4 aromatic rings. The molecule has 4 rings (SSSR count). The van der Waals surface area contributed by atoms with Gasteiger partial charge in [0.1, 0.15) is 0 Å². The van der Waals surface area contributed by atoms with E-state index in [1.54, 1.807) is 6.07 Å². The summed E-state index contributed by atoms with van der Waals surface area (Å²) in [4.78, 5) is 23.3. The highest BCUT2D eigenvalue weighted by Crippen LogP contribution is 2.33. The van der Waals surface area contributed by atoms with Crippen molar-refractivity contribution in [3.05, 3.63) is 77.4 Å². The van der Waals surface area contributed by atoms with Crippen LogP contribution in [0.2, 0.25) is 0 Å². The van der Waals surface area contributed by atoms with Gasteiger partial charge in [-0.1, -0.05) is 37.6 Å². The van der Waals surface area contributed by atoms with E-state index >= 15 is 0 Å². The zero-order valence-electron chi connectivity index (χ0n) is 17.2. The predicted molar refractivity (Wildman–Crippen MR) is 121 cm³/mol. The quantitative estimate of drug-likeness (QED) is 0.496. The fraction of sp³-hybridized carbons (Fsp3) is 0.200. The summed E-state index contributed by atoms with van der Waals surface area (Å²) in [5.41, 5.74) is 11.3. The van der Waals surface area contributed by atoms with Gasteiger partial charge in [0.2, 0.25) is 11.8 Å². The number of aryl methyl sites for hydroxylation is 1. The number of benzene rings is 3. The largest absolute Gasteiger partial charge is 0.366 e. The normalized spacial score (nSPS) is 11.1. The molecule has 0 atom stereocenters. The van der Waals surface area contributed by atoms with Crippen molar-refractivity contribution in [1.29, 1.82) is 0 Å². The van der Waals surface area contributed by atoms with Gasteiger partial charge in [-0.15, -0.1) is 0 Å². The Morgan fingerprint density at radius 2 is 1.83 bits per heavy atom.